The highest BCUT2D eigenvalue weighted by Crippen LogP contribution is 2.19. The minimum Gasteiger partial charge on any atom is -0.469 e. The van der Waals surface area contributed by atoms with Gasteiger partial charge in [0.15, 0.2) is 6.29 Å². The standard InChI is InChI=1S/C10H19ClO5/c1-6(10(13)16-4)9(12)7(11)5-8(14-2)15-3/h6-9,12H,5H2,1-4H3/t6-,7-,9+/m0/s1. The van der Waals surface area contributed by atoms with E-state index in [4.69, 9.17) is 21.1 Å². The van der Waals surface area contributed by atoms with Crippen molar-refractivity contribution >= 4 is 17.6 Å². The first-order valence-electron chi connectivity index (χ1n) is 4.93. The van der Waals surface area contributed by atoms with Gasteiger partial charge in [0.2, 0.25) is 0 Å². The number of hydrogen-bond donors (Lipinski definition) is 1. The van der Waals surface area contributed by atoms with E-state index in [1.807, 2.05) is 0 Å². The number of alkyl halides is 1. The van der Waals surface area contributed by atoms with Crippen molar-refractivity contribution in [2.24, 2.45) is 5.92 Å². The summed E-state index contributed by atoms with van der Waals surface area (Å²) in [6.07, 6.45) is -1.21. The normalized spacial score (nSPS) is 16.9. The second-order valence-electron chi connectivity index (χ2n) is 3.46. The largest absolute Gasteiger partial charge is 0.469 e. The van der Waals surface area contributed by atoms with E-state index >= 15 is 0 Å². The van der Waals surface area contributed by atoms with Crippen molar-refractivity contribution in [1.29, 1.82) is 0 Å². The number of hydrogen-bond acceptors (Lipinski definition) is 5. The van der Waals surface area contributed by atoms with E-state index in [0.29, 0.717) is 0 Å². The number of rotatable bonds is 7. The average Bonchev–Trinajstić information content (AvgIpc) is 2.32. The molecule has 0 aromatic carbocycles. The molecule has 0 saturated carbocycles. The summed E-state index contributed by atoms with van der Waals surface area (Å²) >= 11 is 5.96. The van der Waals surface area contributed by atoms with Crippen LogP contribution in [-0.4, -0.2) is 50.2 Å². The van der Waals surface area contributed by atoms with Gasteiger partial charge < -0.3 is 19.3 Å². The molecule has 0 aliphatic carbocycles. The predicted octanol–water partition coefficient (Wildman–Crippen LogP) is 0.773. The van der Waals surface area contributed by atoms with Gasteiger partial charge in [-0.25, -0.2) is 0 Å². The van der Waals surface area contributed by atoms with Crippen LogP contribution in [0.4, 0.5) is 0 Å². The molecule has 0 saturated heterocycles. The number of aliphatic hydroxyl groups is 1. The van der Waals surface area contributed by atoms with Gasteiger partial charge in [0.05, 0.1) is 24.5 Å². The van der Waals surface area contributed by atoms with E-state index in [1.165, 1.54) is 21.3 Å². The number of carbonyl (C=O) groups is 1. The first kappa shape index (κ1) is 15.6. The summed E-state index contributed by atoms with van der Waals surface area (Å²) in [5.41, 5.74) is 0. The van der Waals surface area contributed by atoms with Crippen LogP contribution in [0.2, 0.25) is 0 Å². The van der Waals surface area contributed by atoms with Crippen molar-refractivity contribution in [2.45, 2.75) is 31.1 Å². The second-order valence-corrected chi connectivity index (χ2v) is 4.02. The topological polar surface area (TPSA) is 65.0 Å². The van der Waals surface area contributed by atoms with E-state index in [2.05, 4.69) is 4.74 Å². The third kappa shape index (κ3) is 4.65. The monoisotopic (exact) mass is 254 g/mol. The zero-order valence-electron chi connectivity index (χ0n) is 9.97. The lowest BCUT2D eigenvalue weighted by molar-refractivity contribution is -0.149. The highest BCUT2D eigenvalue weighted by molar-refractivity contribution is 6.21. The lowest BCUT2D eigenvalue weighted by Crippen LogP contribution is -2.36. The molecule has 0 rings (SSSR count). The van der Waals surface area contributed by atoms with Crippen LogP contribution in [0.3, 0.4) is 0 Å². The van der Waals surface area contributed by atoms with Crippen LogP contribution in [0.1, 0.15) is 13.3 Å². The van der Waals surface area contributed by atoms with Crippen LogP contribution in [0.5, 0.6) is 0 Å². The molecule has 0 amide bonds. The van der Waals surface area contributed by atoms with E-state index in [1.54, 1.807) is 6.92 Å². The molecular formula is C10H19ClO5. The third-order valence-corrected chi connectivity index (χ3v) is 2.84. The molecule has 0 radical (unpaired) electrons. The Balaban J connectivity index is 4.26. The van der Waals surface area contributed by atoms with Gasteiger partial charge in [0, 0.05) is 20.6 Å². The van der Waals surface area contributed by atoms with Crippen molar-refractivity contribution in [3.63, 3.8) is 0 Å². The fourth-order valence-corrected chi connectivity index (χ4v) is 1.61. The number of ether oxygens (including phenoxy) is 3. The third-order valence-electron chi connectivity index (χ3n) is 2.40. The molecule has 0 aromatic heterocycles. The molecule has 0 aliphatic rings. The molecule has 6 heteroatoms. The van der Waals surface area contributed by atoms with Crippen molar-refractivity contribution in [3.8, 4) is 0 Å². The van der Waals surface area contributed by atoms with Crippen LogP contribution >= 0.6 is 11.6 Å². The molecular weight excluding hydrogens is 236 g/mol. The van der Waals surface area contributed by atoms with Gasteiger partial charge in [0.1, 0.15) is 0 Å². The second kappa shape index (κ2) is 7.84. The number of esters is 1. The molecule has 0 heterocycles. The predicted molar refractivity (Wildman–Crippen MR) is 59.3 cm³/mol. The number of aliphatic hydroxyl groups excluding tert-OH is 1. The summed E-state index contributed by atoms with van der Waals surface area (Å²) in [5.74, 6) is -1.17. The Kier molecular flexibility index (Phi) is 7.66. The lowest BCUT2D eigenvalue weighted by atomic mass is 10.00. The van der Waals surface area contributed by atoms with Gasteiger partial charge in [-0.05, 0) is 6.92 Å². The fourth-order valence-electron chi connectivity index (χ4n) is 1.25. The van der Waals surface area contributed by atoms with Crippen molar-refractivity contribution < 1.29 is 24.1 Å². The Labute approximate surface area is 101 Å². The Hall–Kier alpha value is -0.360. The van der Waals surface area contributed by atoms with Crippen LogP contribution in [0, 0.1) is 5.92 Å². The van der Waals surface area contributed by atoms with Gasteiger partial charge in [-0.15, -0.1) is 11.6 Å². The quantitative estimate of drug-likeness (QED) is 0.413. The van der Waals surface area contributed by atoms with Crippen molar-refractivity contribution in [2.75, 3.05) is 21.3 Å². The minimum atomic E-state index is -0.998. The highest BCUT2D eigenvalue weighted by atomic mass is 35.5. The van der Waals surface area contributed by atoms with Crippen molar-refractivity contribution in [3.05, 3.63) is 0 Å². The Bertz CT molecular complexity index is 207. The molecule has 1 N–H and O–H groups in total. The maximum Gasteiger partial charge on any atom is 0.311 e. The molecule has 96 valence electrons. The maximum absolute atomic E-state index is 11.2. The van der Waals surface area contributed by atoms with Gasteiger partial charge in [-0.3, -0.25) is 4.79 Å². The van der Waals surface area contributed by atoms with Gasteiger partial charge in [-0.1, -0.05) is 0 Å². The molecule has 0 unspecified atom stereocenters. The average molecular weight is 255 g/mol. The van der Waals surface area contributed by atoms with E-state index in [-0.39, 0.29) is 6.42 Å². The summed E-state index contributed by atoms with van der Waals surface area (Å²) < 4.78 is 14.4. The maximum atomic E-state index is 11.2. The molecule has 0 aromatic rings. The molecule has 0 bridgehead atoms. The molecule has 0 spiro atoms. The van der Waals surface area contributed by atoms with E-state index in [9.17, 15) is 9.90 Å². The van der Waals surface area contributed by atoms with Gasteiger partial charge >= 0.3 is 5.97 Å². The molecule has 0 aliphatic heterocycles. The summed E-state index contributed by atoms with van der Waals surface area (Å²) in [5, 5.41) is 9.14. The minimum absolute atomic E-state index is 0.289. The number of halogens is 1. The lowest BCUT2D eigenvalue weighted by Gasteiger charge is -2.24. The van der Waals surface area contributed by atoms with Crippen LogP contribution in [0.15, 0.2) is 0 Å². The van der Waals surface area contributed by atoms with E-state index < -0.39 is 29.7 Å². The smallest absolute Gasteiger partial charge is 0.311 e. The van der Waals surface area contributed by atoms with Crippen molar-refractivity contribution in [1.82, 2.24) is 0 Å². The SMILES string of the molecule is COC(=O)[C@@H](C)[C@@H](O)[C@@H](Cl)CC(OC)OC. The van der Waals surface area contributed by atoms with Crippen LogP contribution in [-0.2, 0) is 19.0 Å². The first-order chi connectivity index (χ1) is 7.47. The van der Waals surface area contributed by atoms with Crippen LogP contribution < -0.4 is 0 Å². The Morgan fingerprint density at radius 3 is 2.19 bits per heavy atom. The van der Waals surface area contributed by atoms with Gasteiger partial charge in [0.25, 0.3) is 0 Å². The van der Waals surface area contributed by atoms with E-state index in [0.717, 1.165) is 0 Å². The molecule has 0 fully saturated rings. The highest BCUT2D eigenvalue weighted by Gasteiger charge is 2.30. The molecule has 3 atom stereocenters. The molecule has 5 nitrogen and oxygen atoms in total. The van der Waals surface area contributed by atoms with Crippen LogP contribution in [0.25, 0.3) is 0 Å². The molecule has 16 heavy (non-hydrogen) atoms. The number of methoxy groups -OCH3 is 3. The Morgan fingerprint density at radius 1 is 1.31 bits per heavy atom. The summed E-state index contributed by atoms with van der Waals surface area (Å²) in [6, 6.07) is 0. The zero-order chi connectivity index (χ0) is 12.7. The summed E-state index contributed by atoms with van der Waals surface area (Å²) in [7, 11) is 4.23. The fraction of sp³-hybridized carbons (Fsp3) is 0.900. The van der Waals surface area contributed by atoms with Gasteiger partial charge in [-0.2, -0.15) is 0 Å². The zero-order valence-corrected chi connectivity index (χ0v) is 10.7. The summed E-state index contributed by atoms with van der Waals surface area (Å²) in [4.78, 5) is 11.2. The summed E-state index contributed by atoms with van der Waals surface area (Å²) in [6.45, 7) is 1.56. The number of carbonyl (C=O) groups excluding carboxylic acids is 1. The first-order valence-corrected chi connectivity index (χ1v) is 5.37. The Morgan fingerprint density at radius 2 is 1.81 bits per heavy atom.